The van der Waals surface area contributed by atoms with Crippen LogP contribution in [0.2, 0.25) is 5.15 Å². The molecule has 0 radical (unpaired) electrons. The monoisotopic (exact) mass is 332 g/mol. The van der Waals surface area contributed by atoms with Gasteiger partial charge in [0.25, 0.3) is 0 Å². The van der Waals surface area contributed by atoms with Gasteiger partial charge >= 0.3 is 0 Å². The molecule has 1 fully saturated rings. The summed E-state index contributed by atoms with van der Waals surface area (Å²) in [6.07, 6.45) is 0. The molecule has 0 N–H and O–H groups in total. The third-order valence-corrected chi connectivity index (χ3v) is 4.71. The number of rotatable bonds is 3. The van der Waals surface area contributed by atoms with Crippen molar-refractivity contribution in [3.05, 3.63) is 46.7 Å². The first kappa shape index (κ1) is 16.0. The lowest BCUT2D eigenvalue weighted by Gasteiger charge is -2.34. The molecule has 0 bridgehead atoms. The van der Waals surface area contributed by atoms with E-state index in [2.05, 4.69) is 10.00 Å². The molecule has 0 spiro atoms. The van der Waals surface area contributed by atoms with Crippen LogP contribution < -0.4 is 0 Å². The van der Waals surface area contributed by atoms with Gasteiger partial charge in [0.05, 0.1) is 11.4 Å². The van der Waals surface area contributed by atoms with Crippen LogP contribution >= 0.6 is 11.6 Å². The summed E-state index contributed by atoms with van der Waals surface area (Å²) < 4.78 is 1.79. The van der Waals surface area contributed by atoms with Crippen LogP contribution in [0.25, 0.3) is 5.69 Å². The normalized spacial score (nSPS) is 15.9. The summed E-state index contributed by atoms with van der Waals surface area (Å²) in [5, 5.41) is 5.25. The second-order valence-corrected chi connectivity index (χ2v) is 6.24. The van der Waals surface area contributed by atoms with Crippen LogP contribution in [0.1, 0.15) is 18.2 Å². The Morgan fingerprint density at radius 1 is 1.17 bits per heavy atom. The van der Waals surface area contributed by atoms with Crippen molar-refractivity contribution in [2.75, 3.05) is 26.2 Å². The molecular weight excluding hydrogens is 312 g/mol. The number of aryl methyl sites for hydroxylation is 1. The van der Waals surface area contributed by atoms with Crippen LogP contribution in [0.3, 0.4) is 0 Å². The molecule has 2 aromatic rings. The van der Waals surface area contributed by atoms with E-state index in [-0.39, 0.29) is 5.91 Å². The lowest BCUT2D eigenvalue weighted by Crippen LogP contribution is -2.47. The molecule has 6 heteroatoms. The van der Waals surface area contributed by atoms with E-state index in [0.29, 0.717) is 5.15 Å². The highest BCUT2D eigenvalue weighted by Crippen LogP contribution is 2.25. The number of hydrogen-bond acceptors (Lipinski definition) is 3. The summed E-state index contributed by atoms with van der Waals surface area (Å²) in [6, 6.07) is 9.91. The summed E-state index contributed by atoms with van der Waals surface area (Å²) in [7, 11) is 0. The first-order valence-electron chi connectivity index (χ1n) is 7.83. The van der Waals surface area contributed by atoms with E-state index in [1.54, 1.807) is 11.6 Å². The molecule has 3 rings (SSSR count). The van der Waals surface area contributed by atoms with Crippen molar-refractivity contribution >= 4 is 17.5 Å². The summed E-state index contributed by atoms with van der Waals surface area (Å²) in [5.74, 6) is 0.149. The first-order chi connectivity index (χ1) is 11.1. The van der Waals surface area contributed by atoms with E-state index < -0.39 is 0 Å². The van der Waals surface area contributed by atoms with Gasteiger partial charge in [-0.25, -0.2) is 4.68 Å². The number of para-hydroxylation sites is 1. The molecule has 0 atom stereocenters. The molecular formula is C17H21ClN4O. The maximum absolute atomic E-state index is 11.4. The maximum Gasteiger partial charge on any atom is 0.219 e. The van der Waals surface area contributed by atoms with Gasteiger partial charge in [-0.2, -0.15) is 5.10 Å². The van der Waals surface area contributed by atoms with Crippen molar-refractivity contribution in [1.82, 2.24) is 19.6 Å². The predicted octanol–water partition coefficient (Wildman–Crippen LogP) is 2.50. The fourth-order valence-corrected chi connectivity index (χ4v) is 3.23. The van der Waals surface area contributed by atoms with Gasteiger partial charge in [-0.3, -0.25) is 9.69 Å². The fraction of sp³-hybridized carbons (Fsp3) is 0.412. The van der Waals surface area contributed by atoms with Gasteiger partial charge < -0.3 is 4.90 Å². The minimum Gasteiger partial charge on any atom is -0.340 e. The van der Waals surface area contributed by atoms with E-state index in [1.165, 1.54) is 0 Å². The zero-order valence-corrected chi connectivity index (χ0v) is 14.3. The van der Waals surface area contributed by atoms with E-state index in [1.807, 2.05) is 42.2 Å². The Bertz CT molecular complexity index is 690. The van der Waals surface area contributed by atoms with E-state index in [9.17, 15) is 4.79 Å². The largest absolute Gasteiger partial charge is 0.340 e. The van der Waals surface area contributed by atoms with Crippen molar-refractivity contribution in [3.8, 4) is 5.69 Å². The Labute approximate surface area is 141 Å². The van der Waals surface area contributed by atoms with Crippen molar-refractivity contribution in [2.45, 2.75) is 20.4 Å². The Kier molecular flexibility index (Phi) is 4.68. The second kappa shape index (κ2) is 6.72. The van der Waals surface area contributed by atoms with Gasteiger partial charge in [-0.1, -0.05) is 29.8 Å². The number of carbonyl (C=O) groups excluding carboxylic acids is 1. The summed E-state index contributed by atoms with van der Waals surface area (Å²) in [6.45, 7) is 7.67. The predicted molar refractivity (Wildman–Crippen MR) is 90.8 cm³/mol. The molecule has 1 amide bonds. The minimum atomic E-state index is 0.149. The topological polar surface area (TPSA) is 41.4 Å². The Balaban J connectivity index is 1.75. The van der Waals surface area contributed by atoms with Gasteiger partial charge in [0.1, 0.15) is 5.15 Å². The van der Waals surface area contributed by atoms with Gasteiger partial charge in [0.2, 0.25) is 5.91 Å². The summed E-state index contributed by atoms with van der Waals surface area (Å²) in [4.78, 5) is 15.6. The van der Waals surface area contributed by atoms with E-state index in [4.69, 9.17) is 11.6 Å². The molecule has 1 saturated heterocycles. The van der Waals surface area contributed by atoms with Crippen LogP contribution in [0.15, 0.2) is 30.3 Å². The lowest BCUT2D eigenvalue weighted by atomic mass is 10.2. The fourth-order valence-electron chi connectivity index (χ4n) is 2.90. The zero-order chi connectivity index (χ0) is 16.4. The van der Waals surface area contributed by atoms with E-state index in [0.717, 1.165) is 49.7 Å². The van der Waals surface area contributed by atoms with Gasteiger partial charge in [0, 0.05) is 45.2 Å². The molecule has 0 unspecified atom stereocenters. The quantitative estimate of drug-likeness (QED) is 0.867. The molecule has 1 aromatic carbocycles. The average Bonchev–Trinajstić information content (AvgIpc) is 2.84. The van der Waals surface area contributed by atoms with Crippen molar-refractivity contribution < 1.29 is 4.79 Å². The van der Waals surface area contributed by atoms with Crippen molar-refractivity contribution in [1.29, 1.82) is 0 Å². The summed E-state index contributed by atoms with van der Waals surface area (Å²) >= 11 is 6.57. The standard InChI is InChI=1S/C17H21ClN4O/c1-13-16(12-20-8-10-21(11-9-20)14(2)23)17(18)22(19-13)15-6-4-3-5-7-15/h3-7H,8-12H2,1-2H3. The smallest absolute Gasteiger partial charge is 0.219 e. The van der Waals surface area contributed by atoms with Gasteiger partial charge in [0.15, 0.2) is 0 Å². The molecule has 0 aliphatic carbocycles. The molecule has 122 valence electrons. The molecule has 5 nitrogen and oxygen atoms in total. The second-order valence-electron chi connectivity index (χ2n) is 5.88. The molecule has 0 saturated carbocycles. The number of benzene rings is 1. The molecule has 1 aliphatic heterocycles. The van der Waals surface area contributed by atoms with Crippen LogP contribution in [0.4, 0.5) is 0 Å². The lowest BCUT2D eigenvalue weighted by molar-refractivity contribution is -0.130. The number of aromatic nitrogens is 2. The molecule has 1 aliphatic rings. The van der Waals surface area contributed by atoms with Crippen molar-refractivity contribution in [3.63, 3.8) is 0 Å². The number of nitrogens with zero attached hydrogens (tertiary/aromatic N) is 4. The number of piperazine rings is 1. The highest BCUT2D eigenvalue weighted by molar-refractivity contribution is 6.30. The van der Waals surface area contributed by atoms with Gasteiger partial charge in [-0.15, -0.1) is 0 Å². The molecule has 23 heavy (non-hydrogen) atoms. The first-order valence-corrected chi connectivity index (χ1v) is 8.21. The van der Waals surface area contributed by atoms with Crippen LogP contribution in [0, 0.1) is 6.92 Å². The Hall–Kier alpha value is -1.85. The zero-order valence-electron chi connectivity index (χ0n) is 13.5. The minimum absolute atomic E-state index is 0.149. The number of halogens is 1. The average molecular weight is 333 g/mol. The highest BCUT2D eigenvalue weighted by Gasteiger charge is 2.22. The molecule has 2 heterocycles. The Morgan fingerprint density at radius 3 is 2.43 bits per heavy atom. The Morgan fingerprint density at radius 2 is 1.83 bits per heavy atom. The molecule has 1 aromatic heterocycles. The maximum atomic E-state index is 11.4. The third-order valence-electron chi connectivity index (χ3n) is 4.32. The van der Waals surface area contributed by atoms with Crippen LogP contribution in [-0.2, 0) is 11.3 Å². The van der Waals surface area contributed by atoms with Crippen LogP contribution in [0.5, 0.6) is 0 Å². The SMILES string of the molecule is CC(=O)N1CCN(Cc2c(C)nn(-c3ccccc3)c2Cl)CC1. The number of amides is 1. The van der Waals surface area contributed by atoms with Gasteiger partial charge in [-0.05, 0) is 19.1 Å². The third kappa shape index (κ3) is 3.41. The van der Waals surface area contributed by atoms with Crippen molar-refractivity contribution in [2.24, 2.45) is 0 Å². The summed E-state index contributed by atoms with van der Waals surface area (Å²) in [5.41, 5.74) is 2.98. The highest BCUT2D eigenvalue weighted by atomic mass is 35.5. The van der Waals surface area contributed by atoms with E-state index >= 15 is 0 Å². The van der Waals surface area contributed by atoms with Crippen LogP contribution in [-0.4, -0.2) is 51.7 Å². The number of hydrogen-bond donors (Lipinski definition) is 0. The number of carbonyl (C=O) groups is 1.